The Balaban J connectivity index is 2.03. The molecule has 5 nitrogen and oxygen atoms in total. The van der Waals surface area contributed by atoms with E-state index in [1.165, 1.54) is 18.5 Å². The van der Waals surface area contributed by atoms with E-state index in [9.17, 15) is 9.18 Å². The van der Waals surface area contributed by atoms with Crippen molar-refractivity contribution in [2.45, 2.75) is 19.4 Å². The number of benzene rings is 2. The lowest BCUT2D eigenvalue weighted by Gasteiger charge is -2.19. The maximum absolute atomic E-state index is 13.5. The standard InChI is InChI=1S/C18H17FN4O/c1-2-15(11-5-3-6-12(19)9-11)23-18-14-8-4-7-13(17(20)24)16(14)21-10-22-18/h3-10,15H,2H2,1H3,(H2,20,24)(H,21,22,23). The van der Waals surface area contributed by atoms with Gasteiger partial charge in [-0.1, -0.05) is 25.1 Å². The van der Waals surface area contributed by atoms with Crippen molar-refractivity contribution in [2.75, 3.05) is 5.32 Å². The Bertz CT molecular complexity index is 897. The molecule has 122 valence electrons. The van der Waals surface area contributed by atoms with Crippen LogP contribution < -0.4 is 11.1 Å². The van der Waals surface area contributed by atoms with E-state index in [1.807, 2.05) is 19.1 Å². The number of hydrogen-bond acceptors (Lipinski definition) is 4. The van der Waals surface area contributed by atoms with Crippen LogP contribution in [0.3, 0.4) is 0 Å². The van der Waals surface area contributed by atoms with Crippen molar-refractivity contribution in [3.63, 3.8) is 0 Å². The van der Waals surface area contributed by atoms with Crippen LogP contribution in [0.15, 0.2) is 48.8 Å². The van der Waals surface area contributed by atoms with Crippen LogP contribution in [-0.4, -0.2) is 15.9 Å². The van der Waals surface area contributed by atoms with Gasteiger partial charge in [0.15, 0.2) is 0 Å². The zero-order valence-electron chi connectivity index (χ0n) is 13.2. The van der Waals surface area contributed by atoms with Gasteiger partial charge in [0.05, 0.1) is 17.1 Å². The molecule has 1 aromatic heterocycles. The number of nitrogens with two attached hydrogens (primary N) is 1. The minimum Gasteiger partial charge on any atom is -0.366 e. The monoisotopic (exact) mass is 324 g/mol. The van der Waals surface area contributed by atoms with Crippen molar-refractivity contribution in [1.29, 1.82) is 0 Å². The number of rotatable bonds is 5. The maximum atomic E-state index is 13.5. The number of anilines is 1. The molecule has 0 bridgehead atoms. The summed E-state index contributed by atoms with van der Waals surface area (Å²) >= 11 is 0. The van der Waals surface area contributed by atoms with Crippen LogP contribution in [0.4, 0.5) is 10.2 Å². The molecule has 0 aliphatic rings. The Hall–Kier alpha value is -3.02. The molecule has 3 rings (SSSR count). The number of fused-ring (bicyclic) bond motifs is 1. The van der Waals surface area contributed by atoms with E-state index in [0.29, 0.717) is 22.3 Å². The number of hydrogen-bond donors (Lipinski definition) is 2. The summed E-state index contributed by atoms with van der Waals surface area (Å²) in [5.41, 5.74) is 7.07. The number of halogens is 1. The van der Waals surface area contributed by atoms with Crippen LogP contribution in [0.2, 0.25) is 0 Å². The van der Waals surface area contributed by atoms with Crippen LogP contribution in [0, 0.1) is 5.82 Å². The SMILES string of the molecule is CCC(Nc1ncnc2c(C(N)=O)cccc12)c1cccc(F)c1. The Morgan fingerprint density at radius 1 is 1.25 bits per heavy atom. The molecule has 0 fully saturated rings. The van der Waals surface area contributed by atoms with E-state index < -0.39 is 5.91 Å². The fourth-order valence-electron chi connectivity index (χ4n) is 2.71. The molecule has 0 aliphatic carbocycles. The zero-order valence-corrected chi connectivity index (χ0v) is 13.2. The largest absolute Gasteiger partial charge is 0.366 e. The third-order valence-electron chi connectivity index (χ3n) is 3.90. The second kappa shape index (κ2) is 6.62. The molecule has 0 spiro atoms. The first-order chi connectivity index (χ1) is 11.6. The minimum absolute atomic E-state index is 0.115. The van der Waals surface area contributed by atoms with Crippen LogP contribution in [0.5, 0.6) is 0 Å². The fourth-order valence-corrected chi connectivity index (χ4v) is 2.71. The van der Waals surface area contributed by atoms with Crippen LogP contribution in [0.1, 0.15) is 35.3 Å². The number of amides is 1. The average molecular weight is 324 g/mol. The highest BCUT2D eigenvalue weighted by Gasteiger charge is 2.15. The van der Waals surface area contributed by atoms with Gasteiger partial charge in [0.25, 0.3) is 5.91 Å². The summed E-state index contributed by atoms with van der Waals surface area (Å²) in [4.78, 5) is 20.0. The predicted octanol–water partition coefficient (Wildman–Crippen LogP) is 3.43. The summed E-state index contributed by atoms with van der Waals surface area (Å²) in [6.07, 6.45) is 2.12. The van der Waals surface area contributed by atoms with Gasteiger partial charge in [-0.3, -0.25) is 4.79 Å². The molecular formula is C18H17FN4O. The van der Waals surface area contributed by atoms with E-state index in [1.54, 1.807) is 18.2 Å². The van der Waals surface area contributed by atoms with Crippen molar-refractivity contribution >= 4 is 22.6 Å². The first kappa shape index (κ1) is 15.9. The highest BCUT2D eigenvalue weighted by molar-refractivity contribution is 6.06. The van der Waals surface area contributed by atoms with Crippen molar-refractivity contribution in [3.8, 4) is 0 Å². The van der Waals surface area contributed by atoms with Gasteiger partial charge >= 0.3 is 0 Å². The topological polar surface area (TPSA) is 80.9 Å². The predicted molar refractivity (Wildman–Crippen MR) is 91.1 cm³/mol. The molecule has 3 aromatic rings. The molecule has 1 amide bonds. The lowest BCUT2D eigenvalue weighted by Crippen LogP contribution is -2.14. The molecule has 3 N–H and O–H groups in total. The summed E-state index contributed by atoms with van der Waals surface area (Å²) in [5, 5.41) is 4.01. The second-order valence-electron chi connectivity index (χ2n) is 5.45. The highest BCUT2D eigenvalue weighted by Crippen LogP contribution is 2.27. The number of carbonyl (C=O) groups excluding carboxylic acids is 1. The maximum Gasteiger partial charge on any atom is 0.250 e. The fraction of sp³-hybridized carbons (Fsp3) is 0.167. The first-order valence-corrected chi connectivity index (χ1v) is 7.65. The Kier molecular flexibility index (Phi) is 4.37. The number of nitrogens with one attached hydrogen (secondary N) is 1. The number of carbonyl (C=O) groups is 1. The van der Waals surface area contributed by atoms with Crippen molar-refractivity contribution in [2.24, 2.45) is 5.73 Å². The number of primary amides is 1. The molecule has 2 aromatic carbocycles. The molecule has 0 saturated carbocycles. The zero-order chi connectivity index (χ0) is 17.1. The molecule has 0 aliphatic heterocycles. The number of para-hydroxylation sites is 1. The Morgan fingerprint density at radius 3 is 2.75 bits per heavy atom. The minimum atomic E-state index is -0.539. The van der Waals surface area contributed by atoms with Gasteiger partial charge in [0, 0.05) is 5.39 Å². The van der Waals surface area contributed by atoms with E-state index >= 15 is 0 Å². The van der Waals surface area contributed by atoms with Gasteiger partial charge in [0.1, 0.15) is 18.0 Å². The molecule has 1 atom stereocenters. The van der Waals surface area contributed by atoms with Crippen molar-refractivity contribution < 1.29 is 9.18 Å². The smallest absolute Gasteiger partial charge is 0.250 e. The first-order valence-electron chi connectivity index (χ1n) is 7.65. The Morgan fingerprint density at radius 2 is 2.04 bits per heavy atom. The van der Waals surface area contributed by atoms with Gasteiger partial charge in [-0.05, 0) is 36.2 Å². The molecule has 0 radical (unpaired) electrons. The Labute approximate surface area is 138 Å². The molecule has 6 heteroatoms. The molecule has 0 saturated heterocycles. The van der Waals surface area contributed by atoms with Gasteiger partial charge in [-0.2, -0.15) is 0 Å². The number of nitrogens with zero attached hydrogens (tertiary/aromatic N) is 2. The van der Waals surface area contributed by atoms with Crippen molar-refractivity contribution in [1.82, 2.24) is 9.97 Å². The van der Waals surface area contributed by atoms with Crippen molar-refractivity contribution in [3.05, 3.63) is 65.7 Å². The third-order valence-corrected chi connectivity index (χ3v) is 3.90. The van der Waals surface area contributed by atoms with Gasteiger partial charge in [0.2, 0.25) is 0 Å². The summed E-state index contributed by atoms with van der Waals surface area (Å²) < 4.78 is 13.5. The van der Waals surface area contributed by atoms with Crippen LogP contribution in [0.25, 0.3) is 10.9 Å². The third kappa shape index (κ3) is 3.03. The summed E-state index contributed by atoms with van der Waals surface area (Å²) in [7, 11) is 0. The van der Waals surface area contributed by atoms with Crippen LogP contribution >= 0.6 is 0 Å². The highest BCUT2D eigenvalue weighted by atomic mass is 19.1. The summed E-state index contributed by atoms with van der Waals surface area (Å²) in [6.45, 7) is 2.00. The average Bonchev–Trinajstić information content (AvgIpc) is 2.59. The molecular weight excluding hydrogens is 307 g/mol. The number of aromatic nitrogens is 2. The molecule has 1 unspecified atom stereocenters. The lowest BCUT2D eigenvalue weighted by atomic mass is 10.0. The van der Waals surface area contributed by atoms with E-state index in [2.05, 4.69) is 15.3 Å². The van der Waals surface area contributed by atoms with E-state index in [0.717, 1.165) is 12.0 Å². The summed E-state index contributed by atoms with van der Waals surface area (Å²) in [6, 6.07) is 11.5. The second-order valence-corrected chi connectivity index (χ2v) is 5.45. The van der Waals surface area contributed by atoms with E-state index in [4.69, 9.17) is 5.73 Å². The van der Waals surface area contributed by atoms with E-state index in [-0.39, 0.29) is 11.9 Å². The quantitative estimate of drug-likeness (QED) is 0.753. The van der Waals surface area contributed by atoms with Gasteiger partial charge < -0.3 is 11.1 Å². The summed E-state index contributed by atoms with van der Waals surface area (Å²) in [5.74, 6) is -0.238. The van der Waals surface area contributed by atoms with Crippen LogP contribution in [-0.2, 0) is 0 Å². The molecule has 24 heavy (non-hydrogen) atoms. The normalized spacial score (nSPS) is 12.1. The lowest BCUT2D eigenvalue weighted by molar-refractivity contribution is 0.100. The van der Waals surface area contributed by atoms with Gasteiger partial charge in [-0.25, -0.2) is 14.4 Å². The molecule has 1 heterocycles. The van der Waals surface area contributed by atoms with Gasteiger partial charge in [-0.15, -0.1) is 0 Å².